The molecule has 0 unspecified atom stereocenters. The van der Waals surface area contributed by atoms with E-state index in [1.54, 1.807) is 36.4 Å². The normalized spacial score (nSPS) is 12.0. The van der Waals surface area contributed by atoms with Gasteiger partial charge in [-0.15, -0.1) is 0 Å². The molecular weight excluding hydrogens is 275 g/mol. The van der Waals surface area contributed by atoms with Crippen molar-refractivity contribution in [3.63, 3.8) is 0 Å². The van der Waals surface area contributed by atoms with Crippen LogP contribution in [0.5, 0.6) is 11.5 Å². The molecule has 21 heavy (non-hydrogen) atoms. The van der Waals surface area contributed by atoms with Crippen molar-refractivity contribution < 1.29 is 18.7 Å². The fourth-order valence-electron chi connectivity index (χ4n) is 1.96. The molecule has 2 aromatic carbocycles. The van der Waals surface area contributed by atoms with Gasteiger partial charge in [-0.3, -0.25) is 4.79 Å². The van der Waals surface area contributed by atoms with Crippen LogP contribution in [0.1, 0.15) is 0 Å². The Balaban J connectivity index is 1.58. The molecule has 3 rings (SSSR count). The Bertz CT molecular complexity index is 676. The molecule has 0 saturated heterocycles. The Morgan fingerprint density at radius 3 is 2.81 bits per heavy atom. The topological polar surface area (TPSA) is 59.6 Å². The smallest absolute Gasteiger partial charge is 0.243 e. The Labute approximate surface area is 120 Å². The van der Waals surface area contributed by atoms with Gasteiger partial charge in [-0.05, 0) is 24.3 Å². The van der Waals surface area contributed by atoms with Gasteiger partial charge in [0.2, 0.25) is 12.7 Å². The summed E-state index contributed by atoms with van der Waals surface area (Å²) < 4.78 is 23.8. The van der Waals surface area contributed by atoms with Crippen molar-refractivity contribution in [2.75, 3.05) is 24.0 Å². The van der Waals surface area contributed by atoms with E-state index in [-0.39, 0.29) is 19.2 Å². The van der Waals surface area contributed by atoms with E-state index in [0.717, 1.165) is 0 Å². The molecule has 0 aliphatic carbocycles. The Morgan fingerprint density at radius 1 is 1.14 bits per heavy atom. The van der Waals surface area contributed by atoms with Gasteiger partial charge in [0.05, 0.1) is 12.2 Å². The number of fused-ring (bicyclic) bond motifs is 1. The number of ether oxygens (including phenoxy) is 2. The van der Waals surface area contributed by atoms with Crippen LogP contribution in [0.25, 0.3) is 0 Å². The maximum absolute atomic E-state index is 13.4. The Morgan fingerprint density at radius 2 is 1.95 bits per heavy atom. The average molecular weight is 288 g/mol. The molecule has 5 nitrogen and oxygen atoms in total. The Hall–Kier alpha value is -2.76. The first kappa shape index (κ1) is 13.2. The van der Waals surface area contributed by atoms with Crippen LogP contribution in [0.4, 0.5) is 15.8 Å². The van der Waals surface area contributed by atoms with Crippen LogP contribution in [0.3, 0.4) is 0 Å². The first-order valence-electron chi connectivity index (χ1n) is 6.40. The third kappa shape index (κ3) is 3.05. The molecule has 0 fully saturated rings. The van der Waals surface area contributed by atoms with E-state index in [1.165, 1.54) is 6.07 Å². The van der Waals surface area contributed by atoms with Gasteiger partial charge < -0.3 is 20.1 Å². The second-order valence-corrected chi connectivity index (χ2v) is 4.45. The maximum Gasteiger partial charge on any atom is 0.243 e. The minimum Gasteiger partial charge on any atom is -0.454 e. The van der Waals surface area contributed by atoms with Crippen LogP contribution in [0.2, 0.25) is 0 Å². The fourth-order valence-corrected chi connectivity index (χ4v) is 1.96. The molecule has 1 aliphatic rings. The molecule has 2 aromatic rings. The molecule has 108 valence electrons. The number of hydrogen-bond donors (Lipinski definition) is 2. The lowest BCUT2D eigenvalue weighted by atomic mass is 10.2. The molecule has 1 amide bonds. The monoisotopic (exact) mass is 288 g/mol. The van der Waals surface area contributed by atoms with Gasteiger partial charge in [-0.1, -0.05) is 12.1 Å². The number of anilines is 2. The summed E-state index contributed by atoms with van der Waals surface area (Å²) in [7, 11) is 0. The summed E-state index contributed by atoms with van der Waals surface area (Å²) in [6.07, 6.45) is 0. The highest BCUT2D eigenvalue weighted by Gasteiger charge is 2.14. The number of carbonyl (C=O) groups excluding carboxylic acids is 1. The lowest BCUT2D eigenvalue weighted by molar-refractivity contribution is -0.114. The highest BCUT2D eigenvalue weighted by molar-refractivity contribution is 5.94. The van der Waals surface area contributed by atoms with Crippen LogP contribution in [0, 0.1) is 5.82 Å². The first-order chi connectivity index (χ1) is 10.2. The second-order valence-electron chi connectivity index (χ2n) is 4.45. The molecular formula is C15H13FN2O3. The van der Waals surface area contributed by atoms with E-state index < -0.39 is 5.82 Å². The van der Waals surface area contributed by atoms with Crippen LogP contribution < -0.4 is 20.1 Å². The van der Waals surface area contributed by atoms with Crippen molar-refractivity contribution >= 4 is 17.3 Å². The van der Waals surface area contributed by atoms with Gasteiger partial charge in [0.15, 0.2) is 11.5 Å². The summed E-state index contributed by atoms with van der Waals surface area (Å²) >= 11 is 0. The van der Waals surface area contributed by atoms with E-state index in [0.29, 0.717) is 22.9 Å². The molecule has 0 spiro atoms. The summed E-state index contributed by atoms with van der Waals surface area (Å²) in [6, 6.07) is 11.3. The van der Waals surface area contributed by atoms with Crippen LogP contribution in [-0.2, 0) is 4.79 Å². The summed E-state index contributed by atoms with van der Waals surface area (Å²) in [5.41, 5.74) is 0.887. The average Bonchev–Trinajstić information content (AvgIpc) is 2.94. The highest BCUT2D eigenvalue weighted by Crippen LogP contribution is 2.34. The molecule has 0 radical (unpaired) electrons. The lowest BCUT2D eigenvalue weighted by Gasteiger charge is -2.09. The summed E-state index contributed by atoms with van der Waals surface area (Å²) in [6.45, 7) is 0.150. The SMILES string of the molecule is O=C(CNc1ccccc1F)Nc1ccc2c(c1)OCO2. The predicted molar refractivity (Wildman–Crippen MR) is 76.1 cm³/mol. The van der Waals surface area contributed by atoms with Crippen molar-refractivity contribution in [3.8, 4) is 11.5 Å². The van der Waals surface area contributed by atoms with Gasteiger partial charge in [-0.2, -0.15) is 0 Å². The highest BCUT2D eigenvalue weighted by atomic mass is 19.1. The van der Waals surface area contributed by atoms with Crippen LogP contribution >= 0.6 is 0 Å². The zero-order chi connectivity index (χ0) is 14.7. The lowest BCUT2D eigenvalue weighted by Crippen LogP contribution is -2.22. The minimum atomic E-state index is -0.395. The zero-order valence-corrected chi connectivity index (χ0v) is 11.1. The van der Waals surface area contributed by atoms with E-state index in [2.05, 4.69) is 10.6 Å². The molecule has 1 aliphatic heterocycles. The number of rotatable bonds is 4. The number of hydrogen-bond acceptors (Lipinski definition) is 4. The second kappa shape index (κ2) is 5.70. The standard InChI is InChI=1S/C15H13FN2O3/c16-11-3-1-2-4-12(11)17-8-15(19)18-10-5-6-13-14(7-10)21-9-20-13/h1-7,17H,8-9H2,(H,18,19). The molecule has 2 N–H and O–H groups in total. The van der Waals surface area contributed by atoms with Gasteiger partial charge in [0.1, 0.15) is 5.82 Å². The van der Waals surface area contributed by atoms with Gasteiger partial charge in [0, 0.05) is 11.8 Å². The van der Waals surface area contributed by atoms with Crippen molar-refractivity contribution in [3.05, 3.63) is 48.3 Å². The van der Waals surface area contributed by atoms with Crippen molar-refractivity contribution in [1.29, 1.82) is 0 Å². The molecule has 0 bridgehead atoms. The summed E-state index contributed by atoms with van der Waals surface area (Å²) in [5, 5.41) is 5.44. The number of halogens is 1. The maximum atomic E-state index is 13.4. The van der Waals surface area contributed by atoms with Crippen molar-refractivity contribution in [2.24, 2.45) is 0 Å². The molecule has 6 heteroatoms. The quantitative estimate of drug-likeness (QED) is 0.908. The largest absolute Gasteiger partial charge is 0.454 e. The third-order valence-electron chi connectivity index (χ3n) is 2.97. The number of benzene rings is 2. The number of nitrogens with one attached hydrogen (secondary N) is 2. The minimum absolute atomic E-state index is 0.0324. The van der Waals surface area contributed by atoms with Gasteiger partial charge >= 0.3 is 0 Å². The third-order valence-corrected chi connectivity index (χ3v) is 2.97. The molecule has 1 heterocycles. The van der Waals surface area contributed by atoms with Crippen LogP contribution in [0.15, 0.2) is 42.5 Å². The Kier molecular flexibility index (Phi) is 3.59. The van der Waals surface area contributed by atoms with E-state index in [4.69, 9.17) is 9.47 Å². The summed E-state index contributed by atoms with van der Waals surface area (Å²) in [4.78, 5) is 11.8. The molecule has 0 atom stereocenters. The molecule has 0 aromatic heterocycles. The van der Waals surface area contributed by atoms with Crippen LogP contribution in [-0.4, -0.2) is 19.2 Å². The van der Waals surface area contributed by atoms with Crippen molar-refractivity contribution in [1.82, 2.24) is 0 Å². The predicted octanol–water partition coefficient (Wildman–Crippen LogP) is 2.61. The number of carbonyl (C=O) groups is 1. The van der Waals surface area contributed by atoms with E-state index in [1.807, 2.05) is 0 Å². The number of para-hydroxylation sites is 1. The van der Waals surface area contributed by atoms with Crippen molar-refractivity contribution in [2.45, 2.75) is 0 Å². The van der Waals surface area contributed by atoms with E-state index >= 15 is 0 Å². The number of amides is 1. The fraction of sp³-hybridized carbons (Fsp3) is 0.133. The molecule has 0 saturated carbocycles. The zero-order valence-electron chi connectivity index (χ0n) is 11.1. The van der Waals surface area contributed by atoms with Gasteiger partial charge in [-0.25, -0.2) is 4.39 Å². The van der Waals surface area contributed by atoms with E-state index in [9.17, 15) is 9.18 Å². The van der Waals surface area contributed by atoms with Gasteiger partial charge in [0.25, 0.3) is 0 Å². The first-order valence-corrected chi connectivity index (χ1v) is 6.40. The summed E-state index contributed by atoms with van der Waals surface area (Å²) in [5.74, 6) is 0.567.